The molecule has 10 nitrogen and oxygen atoms in total. The monoisotopic (exact) mass is 556 g/mol. The van der Waals surface area contributed by atoms with Crippen LogP contribution >= 0.6 is 0 Å². The molecule has 11 heteroatoms. The van der Waals surface area contributed by atoms with E-state index in [0.29, 0.717) is 47.7 Å². The van der Waals surface area contributed by atoms with E-state index in [0.717, 1.165) is 5.56 Å². The maximum Gasteiger partial charge on any atom is 0.251 e. The third-order valence-corrected chi connectivity index (χ3v) is 7.51. The number of carbonyl (C=O) groups excluding carboxylic acids is 1. The van der Waals surface area contributed by atoms with Crippen molar-refractivity contribution in [3.63, 3.8) is 0 Å². The number of carbonyl (C=O) groups is 1. The predicted octanol–water partition coefficient (Wildman–Crippen LogP) is 4.24. The number of nitrogens with one attached hydrogen (secondary N) is 1. The van der Waals surface area contributed by atoms with E-state index in [9.17, 15) is 13.2 Å². The molecule has 0 saturated carbocycles. The van der Waals surface area contributed by atoms with Crippen LogP contribution in [0.3, 0.4) is 0 Å². The second-order valence-electron chi connectivity index (χ2n) is 9.14. The smallest absolute Gasteiger partial charge is 0.251 e. The van der Waals surface area contributed by atoms with Crippen molar-refractivity contribution < 1.29 is 22.5 Å². The molecule has 0 unspecified atom stereocenters. The number of rotatable bonds is 10. The molecule has 1 amide bonds. The molecule has 0 spiro atoms. The van der Waals surface area contributed by atoms with Gasteiger partial charge in [0, 0.05) is 24.3 Å². The Morgan fingerprint density at radius 2 is 1.70 bits per heavy atom. The first-order chi connectivity index (χ1) is 19.3. The zero-order valence-corrected chi connectivity index (χ0v) is 22.9. The Morgan fingerprint density at radius 1 is 1.00 bits per heavy atom. The summed E-state index contributed by atoms with van der Waals surface area (Å²) in [6.45, 7) is 2.98. The van der Waals surface area contributed by atoms with Gasteiger partial charge in [0.05, 0.1) is 24.1 Å². The lowest BCUT2D eigenvalue weighted by molar-refractivity contribution is -0.696. The van der Waals surface area contributed by atoms with Crippen LogP contribution in [0.4, 0.5) is 5.82 Å². The Kier molecular flexibility index (Phi) is 7.74. The summed E-state index contributed by atoms with van der Waals surface area (Å²) in [6.07, 6.45) is 6.09. The summed E-state index contributed by atoms with van der Waals surface area (Å²) in [5.41, 5.74) is 2.66. The van der Waals surface area contributed by atoms with Crippen LogP contribution in [0.5, 0.6) is 5.75 Å². The molecule has 0 saturated heterocycles. The van der Waals surface area contributed by atoms with E-state index in [1.807, 2.05) is 35.9 Å². The van der Waals surface area contributed by atoms with E-state index in [4.69, 9.17) is 4.74 Å². The van der Waals surface area contributed by atoms with Crippen molar-refractivity contribution in [3.8, 4) is 11.6 Å². The van der Waals surface area contributed by atoms with E-state index in [1.165, 1.54) is 12.1 Å². The summed E-state index contributed by atoms with van der Waals surface area (Å²) >= 11 is 0. The fourth-order valence-electron chi connectivity index (χ4n) is 4.05. The minimum Gasteiger partial charge on any atom is -0.497 e. The van der Waals surface area contributed by atoms with Crippen LogP contribution in [0, 0.1) is 6.92 Å². The first kappa shape index (κ1) is 26.8. The van der Waals surface area contributed by atoms with Crippen molar-refractivity contribution in [2.75, 3.05) is 13.7 Å². The molecule has 1 N–H and O–H groups in total. The summed E-state index contributed by atoms with van der Waals surface area (Å²) in [4.78, 5) is 21.7. The number of amides is 1. The molecule has 2 heterocycles. The fraction of sp³-hybridized carbons (Fsp3) is 0.172. The zero-order chi connectivity index (χ0) is 28.1. The average molecular weight is 557 g/mol. The summed E-state index contributed by atoms with van der Waals surface area (Å²) in [7, 11) is -2.44. The number of methoxy groups -OCH3 is 1. The lowest BCUT2D eigenvalue weighted by atomic mass is 10.2. The Balaban J connectivity index is 1.31. The minimum atomic E-state index is -4.02. The molecule has 0 bridgehead atoms. The maximum atomic E-state index is 13.1. The highest BCUT2D eigenvalue weighted by Gasteiger charge is 2.17. The molecule has 2 aromatic heterocycles. The average Bonchev–Trinajstić information content (AvgIpc) is 3.43. The molecule has 0 radical (unpaired) electrons. The van der Waals surface area contributed by atoms with Gasteiger partial charge in [0.2, 0.25) is 22.2 Å². The topological polar surface area (TPSA) is 121 Å². The molecule has 0 atom stereocenters. The predicted molar refractivity (Wildman–Crippen MR) is 150 cm³/mol. The van der Waals surface area contributed by atoms with Crippen LogP contribution in [0.2, 0.25) is 0 Å². The number of imidazole rings is 1. The largest absolute Gasteiger partial charge is 0.497 e. The van der Waals surface area contributed by atoms with Crippen molar-refractivity contribution in [3.05, 3.63) is 107 Å². The highest BCUT2D eigenvalue weighted by Crippen LogP contribution is 2.32. The van der Waals surface area contributed by atoms with Gasteiger partial charge in [-0.3, -0.25) is 4.79 Å². The molecule has 204 valence electrons. The van der Waals surface area contributed by atoms with E-state index in [1.54, 1.807) is 66.7 Å². The van der Waals surface area contributed by atoms with Gasteiger partial charge in [0.1, 0.15) is 18.1 Å². The molecule has 40 heavy (non-hydrogen) atoms. The van der Waals surface area contributed by atoms with Crippen LogP contribution in [0.1, 0.15) is 22.3 Å². The number of aryl methyl sites for hydroxylation is 2. The van der Waals surface area contributed by atoms with Gasteiger partial charge in [-0.1, -0.05) is 35.9 Å². The molecule has 0 aliphatic rings. The van der Waals surface area contributed by atoms with Gasteiger partial charge in [-0.05, 0) is 54.9 Å². The first-order valence-electron chi connectivity index (χ1n) is 12.6. The van der Waals surface area contributed by atoms with Crippen LogP contribution < -0.4 is 14.6 Å². The van der Waals surface area contributed by atoms with Crippen LogP contribution in [0.15, 0.2) is 96.4 Å². The second-order valence-corrected chi connectivity index (χ2v) is 10.7. The number of hydrogen-bond donors (Lipinski definition) is 1. The zero-order valence-electron chi connectivity index (χ0n) is 22.1. The molecular formula is C29H28N6O4S. The fourth-order valence-corrected chi connectivity index (χ4v) is 4.99. The van der Waals surface area contributed by atoms with Gasteiger partial charge in [0.15, 0.2) is 0 Å². The normalized spacial score (nSPS) is 11.3. The maximum absolute atomic E-state index is 13.1. The standard InChI is InChI=1S/C29H28N6O4S/c1-21-8-14-24(15-9-21)40(37,38)33-27-28(32-26-7-4-3-6-25(26)31-27)35-19-18-34(20-35)17-5-16-30-29(36)22-10-12-23(39-2)13-11-22/h3-4,6-15,18-20H,5,16-17H2,1-2H3,(H-,30,31,33,36). The molecule has 0 aliphatic heterocycles. The van der Waals surface area contributed by atoms with Crippen LogP contribution in [0.25, 0.3) is 21.6 Å². The highest BCUT2D eigenvalue weighted by molar-refractivity contribution is 7.94. The van der Waals surface area contributed by atoms with Crippen molar-refractivity contribution in [1.82, 2.24) is 19.9 Å². The first-order valence-corrected chi connectivity index (χ1v) is 14.1. The number of aromatic nitrogens is 4. The van der Waals surface area contributed by atoms with Crippen molar-refractivity contribution >= 4 is 32.8 Å². The van der Waals surface area contributed by atoms with Crippen molar-refractivity contribution in [2.24, 2.45) is 0 Å². The molecular weight excluding hydrogens is 528 g/mol. The summed E-state index contributed by atoms with van der Waals surface area (Å²) < 4.78 is 39.0. The van der Waals surface area contributed by atoms with E-state index >= 15 is 0 Å². The number of ether oxygens (including phenoxy) is 1. The van der Waals surface area contributed by atoms with Gasteiger partial charge >= 0.3 is 0 Å². The minimum absolute atomic E-state index is 0.00576. The molecule has 0 fully saturated rings. The van der Waals surface area contributed by atoms with Gasteiger partial charge < -0.3 is 19.8 Å². The third-order valence-electron chi connectivity index (χ3n) is 6.23. The van der Waals surface area contributed by atoms with Crippen molar-refractivity contribution in [2.45, 2.75) is 24.8 Å². The molecule has 5 rings (SSSR count). The Morgan fingerprint density at radius 3 is 2.40 bits per heavy atom. The number of para-hydroxylation sites is 2. The Hall–Kier alpha value is -4.77. The number of sulfonamides is 1. The van der Waals surface area contributed by atoms with Gasteiger partial charge in [-0.2, -0.15) is 4.57 Å². The van der Waals surface area contributed by atoms with E-state index in [-0.39, 0.29) is 16.6 Å². The second kappa shape index (κ2) is 11.5. The van der Waals surface area contributed by atoms with Gasteiger partial charge in [0.25, 0.3) is 5.91 Å². The molecule has 3 aromatic carbocycles. The number of fused-ring (bicyclic) bond motifs is 1. The molecule has 0 aliphatic carbocycles. The van der Waals surface area contributed by atoms with Crippen LogP contribution in [-0.2, 0) is 16.6 Å². The summed E-state index contributed by atoms with van der Waals surface area (Å²) in [5, 5.41) is 2.92. The Bertz CT molecular complexity index is 1750. The highest BCUT2D eigenvalue weighted by atomic mass is 32.2. The number of nitrogens with zero attached hydrogens (tertiary/aromatic N) is 5. The molecule has 5 aromatic rings. The summed E-state index contributed by atoms with van der Waals surface area (Å²) in [5.74, 6) is 0.824. The van der Waals surface area contributed by atoms with Gasteiger partial charge in [-0.25, -0.2) is 18.0 Å². The Labute approximate surface area is 232 Å². The van der Waals surface area contributed by atoms with Crippen molar-refractivity contribution in [1.29, 1.82) is 0 Å². The lowest BCUT2D eigenvalue weighted by Crippen LogP contribution is -2.34. The third kappa shape index (κ3) is 6.10. The SMILES string of the molecule is COc1ccc(C(=O)NCCC[n+]2ccn(-c3nc4ccccc4nc3[N-]S(=O)(=O)c3ccc(C)cc3)c2)cc1. The van der Waals surface area contributed by atoms with Gasteiger partial charge in [-0.15, -0.1) is 0 Å². The lowest BCUT2D eigenvalue weighted by Gasteiger charge is -2.18. The van der Waals surface area contributed by atoms with Crippen LogP contribution in [-0.4, -0.2) is 42.5 Å². The van der Waals surface area contributed by atoms with E-state index in [2.05, 4.69) is 20.0 Å². The van der Waals surface area contributed by atoms with E-state index < -0.39 is 10.0 Å². The summed E-state index contributed by atoms with van der Waals surface area (Å²) in [6, 6.07) is 20.7. The number of benzene rings is 3. The quantitative estimate of drug-likeness (QED) is 0.203. The number of hydrogen-bond acceptors (Lipinski definition) is 6.